The van der Waals surface area contributed by atoms with Gasteiger partial charge in [0.15, 0.2) is 17.5 Å². The molecule has 0 aliphatic rings. The van der Waals surface area contributed by atoms with Gasteiger partial charge in [-0.05, 0) is 62.0 Å². The number of fused-ring (bicyclic) bond motifs is 5. The van der Waals surface area contributed by atoms with Gasteiger partial charge in [-0.1, -0.05) is 158 Å². The van der Waals surface area contributed by atoms with E-state index in [0.717, 1.165) is 44.0 Å². The second-order valence-electron chi connectivity index (χ2n) is 12.8. The highest BCUT2D eigenvalue weighted by atomic mass is 16.3. The Balaban J connectivity index is 1.14. The van der Waals surface area contributed by atoms with E-state index in [1.807, 2.05) is 60.7 Å². The van der Waals surface area contributed by atoms with Crippen LogP contribution in [0.2, 0.25) is 0 Å². The van der Waals surface area contributed by atoms with Gasteiger partial charge in [0.1, 0.15) is 11.2 Å². The van der Waals surface area contributed by atoms with E-state index in [1.165, 1.54) is 38.4 Å². The molecule has 0 atom stereocenters. The molecule has 10 aromatic rings. The second kappa shape index (κ2) is 11.9. The van der Waals surface area contributed by atoms with Gasteiger partial charge in [-0.15, -0.1) is 0 Å². The lowest BCUT2D eigenvalue weighted by molar-refractivity contribution is 0.669. The first kappa shape index (κ1) is 29.0. The molecule has 4 nitrogen and oxygen atoms in total. The fraction of sp³-hybridized carbons (Fsp3) is 0. The number of furan rings is 1. The average molecular weight is 652 g/mol. The Kier molecular flexibility index (Phi) is 6.78. The van der Waals surface area contributed by atoms with Gasteiger partial charge in [0.2, 0.25) is 0 Å². The molecular weight excluding hydrogens is 623 g/mol. The largest absolute Gasteiger partial charge is 0.456 e. The van der Waals surface area contributed by atoms with Crippen LogP contribution in [0.3, 0.4) is 0 Å². The zero-order valence-electron chi connectivity index (χ0n) is 27.5. The first-order valence-corrected chi connectivity index (χ1v) is 17.1. The van der Waals surface area contributed by atoms with Crippen LogP contribution in [0.25, 0.3) is 99.9 Å². The third kappa shape index (κ3) is 4.96. The summed E-state index contributed by atoms with van der Waals surface area (Å²) in [4.78, 5) is 15.2. The maximum atomic E-state index is 6.22. The van der Waals surface area contributed by atoms with Crippen molar-refractivity contribution in [2.45, 2.75) is 0 Å². The smallest absolute Gasteiger partial charge is 0.164 e. The molecule has 10 rings (SSSR count). The molecule has 238 valence electrons. The quantitative estimate of drug-likeness (QED) is 0.186. The van der Waals surface area contributed by atoms with Gasteiger partial charge in [0.25, 0.3) is 0 Å². The van der Waals surface area contributed by atoms with Crippen LogP contribution in [0.4, 0.5) is 0 Å². The SMILES string of the molecule is c1ccc(-c2nc(-c3ccc4c(-c5ccc(-c6ccccc6)c6ccccc56)cccc4c3)nc(-c3cccc4oc5ccccc5c34)n2)cc1. The first-order chi connectivity index (χ1) is 25.3. The van der Waals surface area contributed by atoms with Crippen molar-refractivity contribution in [1.82, 2.24) is 15.0 Å². The van der Waals surface area contributed by atoms with E-state index in [2.05, 4.69) is 115 Å². The van der Waals surface area contributed by atoms with Crippen LogP contribution in [0.5, 0.6) is 0 Å². The van der Waals surface area contributed by atoms with Crippen molar-refractivity contribution in [2.75, 3.05) is 0 Å². The summed E-state index contributed by atoms with van der Waals surface area (Å²) < 4.78 is 6.22. The van der Waals surface area contributed by atoms with Crippen LogP contribution in [0.15, 0.2) is 180 Å². The molecule has 2 heterocycles. The highest BCUT2D eigenvalue weighted by Gasteiger charge is 2.18. The maximum Gasteiger partial charge on any atom is 0.164 e. The van der Waals surface area contributed by atoms with Gasteiger partial charge in [-0.25, -0.2) is 15.0 Å². The Labute approximate surface area is 294 Å². The standard InChI is InChI=1S/C47H29N3O/c1-3-13-30(14-4-1)34-27-28-39(38-19-8-7-18-36(34)38)37-21-11-17-32-29-33(25-26-35(32)37)46-48-45(31-15-5-2-6-16-31)49-47(50-46)41-22-12-24-43-44(41)40-20-9-10-23-42(40)51-43/h1-29H. The highest BCUT2D eigenvalue weighted by Crippen LogP contribution is 2.40. The minimum atomic E-state index is 0.606. The lowest BCUT2D eigenvalue weighted by atomic mass is 9.90. The molecule has 0 amide bonds. The van der Waals surface area contributed by atoms with Crippen molar-refractivity contribution in [2.24, 2.45) is 0 Å². The van der Waals surface area contributed by atoms with Crippen molar-refractivity contribution < 1.29 is 4.42 Å². The molecule has 0 unspecified atom stereocenters. The van der Waals surface area contributed by atoms with Crippen molar-refractivity contribution >= 4 is 43.5 Å². The number of benzene rings is 8. The number of hydrogen-bond donors (Lipinski definition) is 0. The molecule has 0 fully saturated rings. The van der Waals surface area contributed by atoms with Crippen LogP contribution in [-0.4, -0.2) is 15.0 Å². The number of hydrogen-bond acceptors (Lipinski definition) is 4. The van der Waals surface area contributed by atoms with Gasteiger partial charge in [-0.3, -0.25) is 0 Å². The summed E-state index contributed by atoms with van der Waals surface area (Å²) in [5.74, 6) is 1.85. The highest BCUT2D eigenvalue weighted by molar-refractivity contribution is 6.12. The normalized spacial score (nSPS) is 11.5. The second-order valence-corrected chi connectivity index (χ2v) is 12.8. The molecule has 8 aromatic carbocycles. The van der Waals surface area contributed by atoms with Gasteiger partial charge in [0.05, 0.1) is 0 Å². The zero-order valence-corrected chi connectivity index (χ0v) is 27.5. The fourth-order valence-corrected chi connectivity index (χ4v) is 7.36. The van der Waals surface area contributed by atoms with E-state index in [1.54, 1.807) is 0 Å². The van der Waals surface area contributed by atoms with E-state index in [9.17, 15) is 0 Å². The predicted octanol–water partition coefficient (Wildman–Crippen LogP) is 12.4. The summed E-state index contributed by atoms with van der Waals surface area (Å²) in [6.45, 7) is 0. The summed E-state index contributed by atoms with van der Waals surface area (Å²) in [5.41, 5.74) is 9.25. The molecule has 51 heavy (non-hydrogen) atoms. The van der Waals surface area contributed by atoms with Gasteiger partial charge >= 0.3 is 0 Å². The Bertz CT molecular complexity index is 2910. The summed E-state index contributed by atoms with van der Waals surface area (Å²) in [6.07, 6.45) is 0. The van der Waals surface area contributed by atoms with Crippen molar-refractivity contribution in [1.29, 1.82) is 0 Å². The Morgan fingerprint density at radius 2 is 0.882 bits per heavy atom. The Morgan fingerprint density at radius 3 is 1.69 bits per heavy atom. The summed E-state index contributed by atoms with van der Waals surface area (Å²) in [6, 6.07) is 61.1. The van der Waals surface area contributed by atoms with Crippen molar-refractivity contribution in [3.05, 3.63) is 176 Å². The number of nitrogens with zero attached hydrogens (tertiary/aromatic N) is 3. The van der Waals surface area contributed by atoms with Crippen LogP contribution in [0.1, 0.15) is 0 Å². The Morgan fingerprint density at radius 1 is 0.314 bits per heavy atom. The van der Waals surface area contributed by atoms with Crippen molar-refractivity contribution in [3.8, 4) is 56.4 Å². The van der Waals surface area contributed by atoms with Gasteiger partial charge in [0, 0.05) is 27.5 Å². The fourth-order valence-electron chi connectivity index (χ4n) is 7.36. The van der Waals surface area contributed by atoms with E-state index in [0.29, 0.717) is 17.5 Å². The minimum Gasteiger partial charge on any atom is -0.456 e. The molecule has 0 saturated heterocycles. The van der Waals surface area contributed by atoms with E-state index in [4.69, 9.17) is 19.4 Å². The topological polar surface area (TPSA) is 51.8 Å². The van der Waals surface area contributed by atoms with Crippen LogP contribution < -0.4 is 0 Å². The monoisotopic (exact) mass is 651 g/mol. The molecule has 0 bridgehead atoms. The molecule has 0 N–H and O–H groups in total. The van der Waals surface area contributed by atoms with E-state index < -0.39 is 0 Å². The number of para-hydroxylation sites is 1. The predicted molar refractivity (Wildman–Crippen MR) is 209 cm³/mol. The third-order valence-electron chi connectivity index (χ3n) is 9.75. The molecule has 2 aromatic heterocycles. The van der Waals surface area contributed by atoms with E-state index >= 15 is 0 Å². The minimum absolute atomic E-state index is 0.606. The molecule has 0 aliphatic heterocycles. The van der Waals surface area contributed by atoms with E-state index in [-0.39, 0.29) is 0 Å². The lowest BCUT2D eigenvalue weighted by Gasteiger charge is -2.14. The molecule has 0 radical (unpaired) electrons. The lowest BCUT2D eigenvalue weighted by Crippen LogP contribution is -2.00. The summed E-state index contributed by atoms with van der Waals surface area (Å²) in [5, 5.41) is 6.79. The average Bonchev–Trinajstić information content (AvgIpc) is 3.60. The molecular formula is C47H29N3O. The maximum absolute atomic E-state index is 6.22. The number of aromatic nitrogens is 3. The summed E-state index contributed by atoms with van der Waals surface area (Å²) in [7, 11) is 0. The summed E-state index contributed by atoms with van der Waals surface area (Å²) >= 11 is 0. The van der Waals surface area contributed by atoms with Crippen molar-refractivity contribution in [3.63, 3.8) is 0 Å². The van der Waals surface area contributed by atoms with Crippen LogP contribution >= 0.6 is 0 Å². The third-order valence-corrected chi connectivity index (χ3v) is 9.75. The van der Waals surface area contributed by atoms with Crippen LogP contribution in [0, 0.1) is 0 Å². The number of rotatable bonds is 5. The molecule has 0 aliphatic carbocycles. The first-order valence-electron chi connectivity index (χ1n) is 17.1. The molecule has 4 heteroatoms. The van der Waals surface area contributed by atoms with Crippen LogP contribution in [-0.2, 0) is 0 Å². The molecule has 0 spiro atoms. The van der Waals surface area contributed by atoms with Gasteiger partial charge in [-0.2, -0.15) is 0 Å². The molecule has 0 saturated carbocycles. The Hall–Kier alpha value is -6.91. The van der Waals surface area contributed by atoms with Gasteiger partial charge < -0.3 is 4.42 Å². The zero-order chi connectivity index (χ0) is 33.7.